The van der Waals surface area contributed by atoms with E-state index in [1.807, 2.05) is 6.92 Å². The molecule has 0 aliphatic carbocycles. The van der Waals surface area contributed by atoms with Crippen molar-refractivity contribution in [1.29, 1.82) is 0 Å². The molecule has 2 aromatic carbocycles. The zero-order chi connectivity index (χ0) is 23.0. The normalized spacial score (nSPS) is 10.2. The predicted octanol–water partition coefficient (Wildman–Crippen LogP) is 5.48. The second-order valence-electron chi connectivity index (χ2n) is 6.44. The van der Waals surface area contributed by atoms with Crippen LogP contribution in [0, 0.1) is 0 Å². The van der Waals surface area contributed by atoms with E-state index in [-0.39, 0.29) is 11.0 Å². The second kappa shape index (κ2) is 12.0. The number of unbranched alkanes of at least 4 members (excludes halogenated alkanes) is 1. The minimum Gasteiger partial charge on any atom is -0.495 e. The number of hydrogen-bond donors (Lipinski definition) is 3. The Morgan fingerprint density at radius 1 is 1.06 bits per heavy atom. The highest BCUT2D eigenvalue weighted by Crippen LogP contribution is 2.33. The van der Waals surface area contributed by atoms with Crippen molar-refractivity contribution in [1.82, 2.24) is 5.32 Å². The third-order valence-corrected chi connectivity index (χ3v) is 5.43. The highest BCUT2D eigenvalue weighted by atomic mass is 79.9. The maximum atomic E-state index is 12.7. The average Bonchev–Trinajstić information content (AvgIpc) is 2.72. The predicted molar refractivity (Wildman–Crippen MR) is 133 cm³/mol. The highest BCUT2D eigenvalue weighted by Gasteiger charge is 2.18. The summed E-state index contributed by atoms with van der Waals surface area (Å²) in [5.41, 5.74) is 1.47. The number of rotatable bonds is 8. The fourth-order valence-electron chi connectivity index (χ4n) is 2.69. The average molecular weight is 573 g/mol. The Hall–Kier alpha value is -2.17. The summed E-state index contributed by atoms with van der Waals surface area (Å²) >= 11 is 12.0. The molecule has 10 heteroatoms. The first kappa shape index (κ1) is 25.1. The molecule has 0 spiro atoms. The molecule has 7 nitrogen and oxygen atoms in total. The van der Waals surface area contributed by atoms with E-state index in [2.05, 4.69) is 47.8 Å². The number of methoxy groups -OCH3 is 2. The molecule has 0 radical (unpaired) electrons. The van der Waals surface area contributed by atoms with Crippen LogP contribution < -0.4 is 25.4 Å². The zero-order valence-electron chi connectivity index (χ0n) is 17.3. The van der Waals surface area contributed by atoms with Crippen molar-refractivity contribution in [3.63, 3.8) is 0 Å². The van der Waals surface area contributed by atoms with Gasteiger partial charge in [0, 0.05) is 22.6 Å². The molecular weight excluding hydrogens is 550 g/mol. The van der Waals surface area contributed by atoms with Crippen molar-refractivity contribution in [2.75, 3.05) is 24.9 Å². The van der Waals surface area contributed by atoms with Crippen molar-refractivity contribution in [3.05, 3.63) is 44.8 Å². The Balaban J connectivity index is 2.09. The fraction of sp³-hybridized carbons (Fsp3) is 0.286. The molecule has 2 aromatic rings. The lowest BCUT2D eigenvalue weighted by Gasteiger charge is -2.15. The van der Waals surface area contributed by atoms with Crippen LogP contribution >= 0.6 is 44.1 Å². The van der Waals surface area contributed by atoms with Gasteiger partial charge in [0.25, 0.3) is 5.91 Å². The van der Waals surface area contributed by atoms with Gasteiger partial charge in [-0.3, -0.25) is 14.9 Å². The molecule has 0 aromatic heterocycles. The highest BCUT2D eigenvalue weighted by molar-refractivity contribution is 9.11. The molecule has 0 atom stereocenters. The fourth-order valence-corrected chi connectivity index (χ4v) is 4.29. The summed E-state index contributed by atoms with van der Waals surface area (Å²) in [5.74, 6) is 0.371. The van der Waals surface area contributed by atoms with Crippen molar-refractivity contribution in [2.24, 2.45) is 0 Å². The Morgan fingerprint density at radius 2 is 1.81 bits per heavy atom. The van der Waals surface area contributed by atoms with E-state index < -0.39 is 5.91 Å². The van der Waals surface area contributed by atoms with Crippen molar-refractivity contribution in [3.8, 4) is 11.5 Å². The first-order chi connectivity index (χ1) is 14.8. The van der Waals surface area contributed by atoms with Crippen LogP contribution in [0.1, 0.15) is 36.5 Å². The standard InChI is InChI=1S/C21H23Br2N3O4S/c1-4-5-6-18(27)25-16-8-7-13(11-17(16)29-2)24-21(31)26-20(28)14-9-12(22)10-15(23)19(14)30-3/h7-11H,4-6H2,1-3H3,(H,25,27)(H2,24,26,28,31). The summed E-state index contributed by atoms with van der Waals surface area (Å²) in [6.07, 6.45) is 2.21. The number of carbonyl (C=O) groups excluding carboxylic acids is 2. The number of nitrogens with one attached hydrogen (secondary N) is 3. The van der Waals surface area contributed by atoms with E-state index in [1.54, 1.807) is 30.3 Å². The molecule has 0 aliphatic rings. The monoisotopic (exact) mass is 571 g/mol. The Kier molecular flexibility index (Phi) is 9.73. The van der Waals surface area contributed by atoms with Gasteiger partial charge < -0.3 is 20.1 Å². The molecule has 0 saturated heterocycles. The van der Waals surface area contributed by atoms with Crippen LogP contribution in [0.3, 0.4) is 0 Å². The molecule has 0 heterocycles. The number of carbonyl (C=O) groups is 2. The number of thiocarbonyl (C=S) groups is 1. The molecule has 31 heavy (non-hydrogen) atoms. The summed E-state index contributed by atoms with van der Waals surface area (Å²) in [7, 11) is 2.99. The van der Waals surface area contributed by atoms with Gasteiger partial charge >= 0.3 is 0 Å². The molecule has 2 rings (SSSR count). The topological polar surface area (TPSA) is 88.7 Å². The van der Waals surface area contributed by atoms with Gasteiger partial charge in [0.2, 0.25) is 5.91 Å². The van der Waals surface area contributed by atoms with Gasteiger partial charge in [0.05, 0.1) is 29.9 Å². The smallest absolute Gasteiger partial charge is 0.261 e. The van der Waals surface area contributed by atoms with Crippen LogP contribution in [0.15, 0.2) is 39.3 Å². The molecule has 166 valence electrons. The third-order valence-electron chi connectivity index (χ3n) is 4.18. The lowest BCUT2D eigenvalue weighted by atomic mass is 10.2. The maximum absolute atomic E-state index is 12.7. The quantitative estimate of drug-likeness (QED) is 0.363. The zero-order valence-corrected chi connectivity index (χ0v) is 21.3. The van der Waals surface area contributed by atoms with E-state index in [1.165, 1.54) is 14.2 Å². The van der Waals surface area contributed by atoms with Gasteiger partial charge in [0.15, 0.2) is 5.11 Å². The molecule has 0 unspecified atom stereocenters. The summed E-state index contributed by atoms with van der Waals surface area (Å²) in [6, 6.07) is 8.54. The SMILES string of the molecule is CCCCC(=O)Nc1ccc(NC(=S)NC(=O)c2cc(Br)cc(Br)c2OC)cc1OC. The molecule has 0 bridgehead atoms. The van der Waals surface area contributed by atoms with E-state index in [4.69, 9.17) is 21.7 Å². The number of hydrogen-bond acceptors (Lipinski definition) is 5. The first-order valence-corrected chi connectivity index (χ1v) is 11.4. The van der Waals surface area contributed by atoms with Crippen LogP contribution in [0.2, 0.25) is 0 Å². The van der Waals surface area contributed by atoms with Crippen LogP contribution in [-0.4, -0.2) is 31.1 Å². The number of anilines is 2. The minimum absolute atomic E-state index is 0.0715. The molecular formula is C21H23Br2N3O4S. The maximum Gasteiger partial charge on any atom is 0.261 e. The number of ether oxygens (including phenoxy) is 2. The molecule has 2 amide bonds. The van der Waals surface area contributed by atoms with Gasteiger partial charge in [-0.05, 0) is 58.8 Å². The molecule has 0 fully saturated rings. The largest absolute Gasteiger partial charge is 0.495 e. The number of benzene rings is 2. The van der Waals surface area contributed by atoms with E-state index >= 15 is 0 Å². The van der Waals surface area contributed by atoms with E-state index in [0.29, 0.717) is 43.8 Å². The minimum atomic E-state index is -0.428. The number of halogens is 2. The second-order valence-corrected chi connectivity index (χ2v) is 8.62. The first-order valence-electron chi connectivity index (χ1n) is 9.42. The van der Waals surface area contributed by atoms with Crippen LogP contribution in [0.4, 0.5) is 11.4 Å². The summed E-state index contributed by atoms with van der Waals surface area (Å²) in [5, 5.41) is 8.51. The van der Waals surface area contributed by atoms with Gasteiger partial charge in [0.1, 0.15) is 11.5 Å². The summed E-state index contributed by atoms with van der Waals surface area (Å²) in [6.45, 7) is 2.03. The third kappa shape index (κ3) is 7.19. The van der Waals surface area contributed by atoms with Crippen LogP contribution in [-0.2, 0) is 4.79 Å². The van der Waals surface area contributed by atoms with Gasteiger partial charge in [-0.2, -0.15) is 0 Å². The molecule has 3 N–H and O–H groups in total. The van der Waals surface area contributed by atoms with Gasteiger partial charge in [-0.15, -0.1) is 0 Å². The Labute approximate surface area is 203 Å². The van der Waals surface area contributed by atoms with Gasteiger partial charge in [-0.1, -0.05) is 29.3 Å². The van der Waals surface area contributed by atoms with E-state index in [9.17, 15) is 9.59 Å². The summed E-state index contributed by atoms with van der Waals surface area (Å²) in [4.78, 5) is 24.7. The lowest BCUT2D eigenvalue weighted by Crippen LogP contribution is -2.34. The Bertz CT molecular complexity index is 985. The van der Waals surface area contributed by atoms with Gasteiger partial charge in [-0.25, -0.2) is 0 Å². The number of amides is 2. The lowest BCUT2D eigenvalue weighted by molar-refractivity contribution is -0.116. The van der Waals surface area contributed by atoms with Crippen molar-refractivity contribution in [2.45, 2.75) is 26.2 Å². The van der Waals surface area contributed by atoms with Crippen LogP contribution in [0.25, 0.3) is 0 Å². The Morgan fingerprint density at radius 3 is 2.45 bits per heavy atom. The molecule has 0 saturated carbocycles. The molecule has 0 aliphatic heterocycles. The summed E-state index contributed by atoms with van der Waals surface area (Å²) < 4.78 is 12.0. The van der Waals surface area contributed by atoms with Crippen LogP contribution in [0.5, 0.6) is 11.5 Å². The van der Waals surface area contributed by atoms with Crippen molar-refractivity contribution < 1.29 is 19.1 Å². The van der Waals surface area contributed by atoms with E-state index in [0.717, 1.165) is 12.8 Å². The van der Waals surface area contributed by atoms with Crippen molar-refractivity contribution >= 4 is 72.4 Å².